The first-order chi connectivity index (χ1) is 17.7. The predicted octanol–water partition coefficient (Wildman–Crippen LogP) is 3.62. The fourth-order valence-electron chi connectivity index (χ4n) is 5.41. The third kappa shape index (κ3) is 4.99. The summed E-state index contributed by atoms with van der Waals surface area (Å²) in [7, 11) is 1.32. The Kier molecular flexibility index (Phi) is 6.78. The third-order valence-electron chi connectivity index (χ3n) is 7.59. The maximum absolute atomic E-state index is 13.1. The fourth-order valence-corrected chi connectivity index (χ4v) is 6.73. The van der Waals surface area contributed by atoms with E-state index in [0.29, 0.717) is 32.4 Å². The molecule has 0 radical (unpaired) electrons. The van der Waals surface area contributed by atoms with Crippen LogP contribution < -0.4 is 10.9 Å². The van der Waals surface area contributed by atoms with Gasteiger partial charge in [-0.25, -0.2) is 9.59 Å². The molecule has 0 spiro atoms. The molecule has 0 saturated carbocycles. The van der Waals surface area contributed by atoms with Crippen LogP contribution in [0.15, 0.2) is 34.2 Å². The lowest BCUT2D eigenvalue weighted by molar-refractivity contribution is -0.142. The number of aryl methyl sites for hydroxylation is 1. The maximum atomic E-state index is 13.1. The van der Waals surface area contributed by atoms with E-state index in [4.69, 9.17) is 4.74 Å². The van der Waals surface area contributed by atoms with Gasteiger partial charge in [-0.15, -0.1) is 11.8 Å². The molecule has 5 rings (SSSR count). The van der Waals surface area contributed by atoms with Gasteiger partial charge in [0.05, 0.1) is 23.8 Å². The highest BCUT2D eigenvalue weighted by atomic mass is 32.2. The minimum atomic E-state index is -0.807. The van der Waals surface area contributed by atoms with E-state index in [2.05, 4.69) is 40.4 Å². The number of aromatic amines is 2. The molecule has 2 aliphatic heterocycles. The number of benzene rings is 1. The van der Waals surface area contributed by atoms with Crippen molar-refractivity contribution in [3.63, 3.8) is 0 Å². The van der Waals surface area contributed by atoms with Gasteiger partial charge in [0.2, 0.25) is 0 Å². The summed E-state index contributed by atoms with van der Waals surface area (Å²) in [6.45, 7) is 7.41. The Morgan fingerprint density at radius 3 is 2.76 bits per heavy atom. The van der Waals surface area contributed by atoms with Gasteiger partial charge >= 0.3 is 12.0 Å². The van der Waals surface area contributed by atoms with Gasteiger partial charge < -0.3 is 19.9 Å². The smallest absolute Gasteiger partial charge is 0.328 e. The van der Waals surface area contributed by atoms with Gasteiger partial charge in [-0.05, 0) is 54.5 Å². The Bertz CT molecular complexity index is 1400. The maximum Gasteiger partial charge on any atom is 0.328 e. The molecular weight excluding hydrogens is 490 g/mol. The number of H-pyrrole nitrogens is 2. The molecule has 196 valence electrons. The summed E-state index contributed by atoms with van der Waals surface area (Å²) in [5.41, 5.74) is 4.91. The SMILES string of the molecule is COC(=O)[C@@H](Cc1cc(C)c2[nH]ncc2c1)NC(=O)N1CCC(c2cc3c([nH]c2=O)SCC3(C)C)CC1. The van der Waals surface area contributed by atoms with Crippen LogP contribution in [0.2, 0.25) is 0 Å². The molecule has 4 heterocycles. The first-order valence-electron chi connectivity index (χ1n) is 12.6. The topological polar surface area (TPSA) is 120 Å². The highest BCUT2D eigenvalue weighted by Gasteiger charge is 2.34. The molecule has 10 heteroatoms. The molecule has 9 nitrogen and oxygen atoms in total. The van der Waals surface area contributed by atoms with Crippen molar-refractivity contribution in [2.45, 2.75) is 62.4 Å². The number of ether oxygens (including phenoxy) is 1. The number of fused-ring (bicyclic) bond motifs is 2. The number of amides is 2. The molecule has 0 unspecified atom stereocenters. The Hall–Kier alpha value is -3.27. The second-order valence-corrected chi connectivity index (χ2v) is 11.7. The summed E-state index contributed by atoms with van der Waals surface area (Å²) in [5, 5.41) is 11.9. The number of nitrogens with zero attached hydrogens (tertiary/aromatic N) is 2. The number of pyridine rings is 1. The molecule has 1 atom stereocenters. The zero-order valence-corrected chi connectivity index (χ0v) is 22.5. The van der Waals surface area contributed by atoms with Gasteiger partial charge in [-0.3, -0.25) is 9.89 Å². The van der Waals surface area contributed by atoms with E-state index in [1.807, 2.05) is 19.1 Å². The number of thioether (sulfide) groups is 1. The van der Waals surface area contributed by atoms with E-state index in [1.54, 1.807) is 22.9 Å². The normalized spacial score (nSPS) is 18.0. The second kappa shape index (κ2) is 9.89. The minimum absolute atomic E-state index is 0.0255. The van der Waals surface area contributed by atoms with Crippen molar-refractivity contribution in [1.29, 1.82) is 0 Å². The van der Waals surface area contributed by atoms with Crippen LogP contribution in [0.1, 0.15) is 54.9 Å². The molecule has 2 aliphatic rings. The zero-order chi connectivity index (χ0) is 26.3. The molecule has 2 aromatic heterocycles. The van der Waals surface area contributed by atoms with Crippen LogP contribution in [-0.2, 0) is 21.4 Å². The largest absolute Gasteiger partial charge is 0.467 e. The molecule has 37 heavy (non-hydrogen) atoms. The Morgan fingerprint density at radius 2 is 2.03 bits per heavy atom. The molecule has 3 aromatic rings. The highest BCUT2D eigenvalue weighted by molar-refractivity contribution is 7.99. The van der Waals surface area contributed by atoms with Crippen LogP contribution in [0, 0.1) is 6.92 Å². The van der Waals surface area contributed by atoms with Crippen molar-refractivity contribution in [2.75, 3.05) is 26.0 Å². The Morgan fingerprint density at radius 1 is 1.27 bits per heavy atom. The quantitative estimate of drug-likeness (QED) is 0.440. The number of hydrogen-bond donors (Lipinski definition) is 3. The second-order valence-electron chi connectivity index (χ2n) is 10.7. The van der Waals surface area contributed by atoms with Gasteiger partial charge in [0.25, 0.3) is 5.56 Å². The van der Waals surface area contributed by atoms with Crippen LogP contribution in [0.3, 0.4) is 0 Å². The number of esters is 1. The summed E-state index contributed by atoms with van der Waals surface area (Å²) in [5.74, 6) is 0.566. The van der Waals surface area contributed by atoms with E-state index in [9.17, 15) is 14.4 Å². The van der Waals surface area contributed by atoms with Gasteiger partial charge in [-0.2, -0.15) is 5.10 Å². The lowest BCUT2D eigenvalue weighted by atomic mass is 9.84. The first-order valence-corrected chi connectivity index (χ1v) is 13.6. The molecule has 1 fully saturated rings. The Labute approximate surface area is 219 Å². The number of urea groups is 1. The first kappa shape index (κ1) is 25.4. The van der Waals surface area contributed by atoms with Crippen molar-refractivity contribution in [2.24, 2.45) is 0 Å². The number of piperidine rings is 1. The summed E-state index contributed by atoms with van der Waals surface area (Å²) in [6.07, 6.45) is 3.45. The molecule has 1 saturated heterocycles. The number of nitrogens with one attached hydrogen (secondary N) is 3. The van der Waals surface area contributed by atoms with Crippen LogP contribution in [0.5, 0.6) is 0 Å². The highest BCUT2D eigenvalue weighted by Crippen LogP contribution is 2.43. The van der Waals surface area contributed by atoms with Crippen molar-refractivity contribution in [3.05, 3.63) is 57.0 Å². The molecule has 3 N–H and O–H groups in total. The predicted molar refractivity (Wildman–Crippen MR) is 143 cm³/mol. The monoisotopic (exact) mass is 523 g/mol. The summed E-state index contributed by atoms with van der Waals surface area (Å²) >= 11 is 1.70. The number of methoxy groups -OCH3 is 1. The standard InChI is InChI=1S/C27H33N5O4S/c1-15-9-16(10-18-13-28-31-22(15)18)11-21(25(34)36-4)29-26(35)32-7-5-17(6-8-32)19-12-20-24(30-23(19)33)37-14-27(20,2)3/h9-10,12-13,17,21H,5-8,11,14H2,1-4H3,(H,28,31)(H,29,35)(H,30,33)/t21-/m1/s1. The average Bonchev–Trinajstić information content (AvgIpc) is 3.47. The minimum Gasteiger partial charge on any atom is -0.467 e. The third-order valence-corrected chi connectivity index (χ3v) is 9.07. The average molecular weight is 524 g/mol. The Balaban J connectivity index is 1.25. The number of carbonyl (C=O) groups excluding carboxylic acids is 2. The summed E-state index contributed by atoms with van der Waals surface area (Å²) in [4.78, 5) is 43.3. The number of hydrogen-bond acceptors (Lipinski definition) is 6. The van der Waals surface area contributed by atoms with E-state index >= 15 is 0 Å². The van der Waals surface area contributed by atoms with E-state index < -0.39 is 12.0 Å². The molecule has 1 aromatic carbocycles. The molecule has 2 amide bonds. The van der Waals surface area contributed by atoms with E-state index in [0.717, 1.165) is 38.4 Å². The number of likely N-dealkylation sites (tertiary alicyclic amines) is 1. The summed E-state index contributed by atoms with van der Waals surface area (Å²) in [6, 6.07) is 4.93. The zero-order valence-electron chi connectivity index (χ0n) is 21.6. The van der Waals surface area contributed by atoms with Gasteiger partial charge in [0.15, 0.2) is 0 Å². The van der Waals surface area contributed by atoms with Crippen LogP contribution >= 0.6 is 11.8 Å². The van der Waals surface area contributed by atoms with Crippen molar-refractivity contribution < 1.29 is 14.3 Å². The van der Waals surface area contributed by atoms with Gasteiger partial charge in [0.1, 0.15) is 6.04 Å². The van der Waals surface area contributed by atoms with E-state index in [-0.39, 0.29) is 22.9 Å². The van der Waals surface area contributed by atoms with Crippen LogP contribution in [0.25, 0.3) is 10.9 Å². The number of aromatic nitrogens is 3. The van der Waals surface area contributed by atoms with E-state index in [1.165, 1.54) is 12.7 Å². The lowest BCUT2D eigenvalue weighted by Gasteiger charge is -2.33. The molecule has 0 bridgehead atoms. The summed E-state index contributed by atoms with van der Waals surface area (Å²) < 4.78 is 4.99. The lowest BCUT2D eigenvalue weighted by Crippen LogP contribution is -2.51. The fraction of sp³-hybridized carbons (Fsp3) is 0.481. The van der Waals surface area contributed by atoms with Crippen molar-refractivity contribution in [3.8, 4) is 0 Å². The molecule has 0 aliphatic carbocycles. The van der Waals surface area contributed by atoms with Crippen LogP contribution in [0.4, 0.5) is 4.79 Å². The van der Waals surface area contributed by atoms with Crippen molar-refractivity contribution in [1.82, 2.24) is 25.4 Å². The molecular formula is C27H33N5O4S. The van der Waals surface area contributed by atoms with Crippen molar-refractivity contribution >= 4 is 34.7 Å². The van der Waals surface area contributed by atoms with Gasteiger partial charge in [0, 0.05) is 41.6 Å². The number of carbonyl (C=O) groups is 2. The van der Waals surface area contributed by atoms with Crippen LogP contribution in [-0.4, -0.2) is 64.1 Å². The van der Waals surface area contributed by atoms with Gasteiger partial charge in [-0.1, -0.05) is 19.9 Å². The number of rotatable bonds is 5.